The Bertz CT molecular complexity index is 667. The fraction of sp³-hybridized carbons (Fsp3) is 0.438. The van der Waals surface area contributed by atoms with Crippen molar-refractivity contribution in [3.8, 4) is 5.75 Å². The minimum Gasteiger partial charge on any atom is -0.495 e. The quantitative estimate of drug-likeness (QED) is 0.622. The highest BCUT2D eigenvalue weighted by Crippen LogP contribution is 2.22. The van der Waals surface area contributed by atoms with E-state index in [1.54, 1.807) is 36.5 Å². The molecule has 11 heteroatoms. The Kier molecular flexibility index (Phi) is 8.52. The number of amides is 4. The highest BCUT2D eigenvalue weighted by atomic mass is 19.4. The van der Waals surface area contributed by atoms with Crippen LogP contribution >= 0.6 is 0 Å². The number of carbonyl (C=O) groups excluding carboxylic acids is 3. The molecule has 8 nitrogen and oxygen atoms in total. The highest BCUT2D eigenvalue weighted by Gasteiger charge is 2.28. The SMILES string of the molecule is CCN(CC(=O)NC(=O)NCC(F)(F)F)CC(=O)Nc1ccccc1OC. The summed E-state index contributed by atoms with van der Waals surface area (Å²) in [6.07, 6.45) is -4.58. The van der Waals surface area contributed by atoms with Crippen molar-refractivity contribution in [1.82, 2.24) is 15.5 Å². The number of para-hydroxylation sites is 2. The van der Waals surface area contributed by atoms with Gasteiger partial charge in [0.25, 0.3) is 0 Å². The summed E-state index contributed by atoms with van der Waals surface area (Å²) in [6, 6.07) is 5.50. The number of ether oxygens (including phenoxy) is 1. The molecule has 0 atom stereocenters. The van der Waals surface area contributed by atoms with Gasteiger partial charge in [0, 0.05) is 0 Å². The van der Waals surface area contributed by atoms with Crippen molar-refractivity contribution in [1.29, 1.82) is 0 Å². The van der Waals surface area contributed by atoms with Crippen LogP contribution in [0.2, 0.25) is 0 Å². The van der Waals surface area contributed by atoms with E-state index in [2.05, 4.69) is 5.32 Å². The summed E-state index contributed by atoms with van der Waals surface area (Å²) in [5.41, 5.74) is 0.456. The van der Waals surface area contributed by atoms with Crippen LogP contribution in [0, 0.1) is 0 Å². The standard InChI is InChI=1S/C16H21F3N4O4/c1-3-23(9-14(25)22-15(26)20-10-16(17,18)19)8-13(24)21-11-6-4-5-7-12(11)27-2/h4-7H,3,8-10H2,1-2H3,(H,21,24)(H2,20,22,25,26). The van der Waals surface area contributed by atoms with Gasteiger partial charge in [0.1, 0.15) is 12.3 Å². The third kappa shape index (κ3) is 8.90. The van der Waals surface area contributed by atoms with Crippen molar-refractivity contribution >= 4 is 23.5 Å². The van der Waals surface area contributed by atoms with E-state index in [0.29, 0.717) is 18.0 Å². The number of hydrogen-bond acceptors (Lipinski definition) is 5. The maximum atomic E-state index is 12.1. The van der Waals surface area contributed by atoms with Crippen molar-refractivity contribution in [3.63, 3.8) is 0 Å². The van der Waals surface area contributed by atoms with Crippen LogP contribution in [0.5, 0.6) is 5.75 Å². The van der Waals surface area contributed by atoms with Crippen molar-refractivity contribution in [3.05, 3.63) is 24.3 Å². The maximum Gasteiger partial charge on any atom is 0.405 e. The molecule has 27 heavy (non-hydrogen) atoms. The number of carbonyl (C=O) groups is 3. The number of nitrogens with one attached hydrogen (secondary N) is 3. The Balaban J connectivity index is 2.49. The Morgan fingerprint density at radius 1 is 1.11 bits per heavy atom. The largest absolute Gasteiger partial charge is 0.495 e. The monoisotopic (exact) mass is 390 g/mol. The summed E-state index contributed by atoms with van der Waals surface area (Å²) >= 11 is 0. The number of urea groups is 1. The van der Waals surface area contributed by atoms with Crippen LogP contribution in [-0.4, -0.2) is 62.2 Å². The second kappa shape index (κ2) is 10.4. The highest BCUT2D eigenvalue weighted by molar-refractivity contribution is 5.96. The van der Waals surface area contributed by atoms with Crippen molar-refractivity contribution < 1.29 is 32.3 Å². The molecular weight excluding hydrogens is 369 g/mol. The van der Waals surface area contributed by atoms with E-state index < -0.39 is 30.6 Å². The van der Waals surface area contributed by atoms with Crippen LogP contribution in [0.1, 0.15) is 6.92 Å². The van der Waals surface area contributed by atoms with Crippen LogP contribution < -0.4 is 20.7 Å². The van der Waals surface area contributed by atoms with Gasteiger partial charge in [-0.3, -0.25) is 19.8 Å². The van der Waals surface area contributed by atoms with E-state index in [1.165, 1.54) is 17.3 Å². The number of alkyl halides is 3. The minimum absolute atomic E-state index is 0.161. The molecule has 0 saturated heterocycles. The van der Waals surface area contributed by atoms with E-state index in [-0.39, 0.29) is 13.1 Å². The molecule has 0 fully saturated rings. The summed E-state index contributed by atoms with van der Waals surface area (Å²) in [7, 11) is 1.46. The first-order valence-electron chi connectivity index (χ1n) is 7.94. The normalized spacial score (nSPS) is 11.0. The number of rotatable bonds is 8. The van der Waals surface area contributed by atoms with Crippen LogP contribution in [-0.2, 0) is 9.59 Å². The molecule has 0 aliphatic carbocycles. The van der Waals surface area contributed by atoms with Crippen molar-refractivity contribution in [2.24, 2.45) is 0 Å². The zero-order chi connectivity index (χ0) is 20.4. The molecule has 1 aromatic rings. The molecule has 4 amide bonds. The van der Waals surface area contributed by atoms with Gasteiger partial charge in [0.2, 0.25) is 11.8 Å². The molecule has 3 N–H and O–H groups in total. The lowest BCUT2D eigenvalue weighted by Gasteiger charge is -2.19. The summed E-state index contributed by atoms with van der Waals surface area (Å²) in [5.74, 6) is -0.787. The van der Waals surface area contributed by atoms with Gasteiger partial charge in [-0.15, -0.1) is 0 Å². The molecule has 1 rings (SSSR count). The Hall–Kier alpha value is -2.82. The molecule has 0 aliphatic rings. The van der Waals surface area contributed by atoms with E-state index in [0.717, 1.165) is 0 Å². The number of halogens is 3. The third-order valence-corrected chi connectivity index (χ3v) is 3.27. The zero-order valence-electron chi connectivity index (χ0n) is 14.9. The molecule has 150 valence electrons. The molecule has 0 radical (unpaired) electrons. The number of nitrogens with zero attached hydrogens (tertiary/aromatic N) is 1. The van der Waals surface area contributed by atoms with Gasteiger partial charge < -0.3 is 15.4 Å². The minimum atomic E-state index is -4.58. The maximum absolute atomic E-state index is 12.1. The average molecular weight is 390 g/mol. The fourth-order valence-electron chi connectivity index (χ4n) is 2.01. The van der Waals surface area contributed by atoms with Gasteiger partial charge in [0.05, 0.1) is 25.9 Å². The van der Waals surface area contributed by atoms with Gasteiger partial charge in [-0.2, -0.15) is 13.2 Å². The Morgan fingerprint density at radius 2 is 1.74 bits per heavy atom. The van der Waals surface area contributed by atoms with Crippen molar-refractivity contribution in [2.75, 3.05) is 38.6 Å². The second-order valence-electron chi connectivity index (χ2n) is 5.40. The molecule has 1 aromatic carbocycles. The average Bonchev–Trinajstić information content (AvgIpc) is 2.59. The topological polar surface area (TPSA) is 99.8 Å². The van der Waals surface area contributed by atoms with Gasteiger partial charge in [-0.1, -0.05) is 19.1 Å². The molecule has 0 aromatic heterocycles. The lowest BCUT2D eigenvalue weighted by atomic mass is 10.3. The van der Waals surface area contributed by atoms with Gasteiger partial charge >= 0.3 is 12.2 Å². The summed E-state index contributed by atoms with van der Waals surface area (Å²) < 4.78 is 41.1. The fourth-order valence-corrected chi connectivity index (χ4v) is 2.01. The van der Waals surface area contributed by atoms with E-state index in [1.807, 2.05) is 0 Å². The number of benzene rings is 1. The lowest BCUT2D eigenvalue weighted by molar-refractivity contribution is -0.125. The van der Waals surface area contributed by atoms with E-state index >= 15 is 0 Å². The predicted molar refractivity (Wildman–Crippen MR) is 91.3 cm³/mol. The summed E-state index contributed by atoms with van der Waals surface area (Å²) in [6.45, 7) is -0.0589. The molecule has 0 bridgehead atoms. The van der Waals surface area contributed by atoms with Gasteiger partial charge in [-0.05, 0) is 18.7 Å². The van der Waals surface area contributed by atoms with E-state index in [4.69, 9.17) is 4.74 Å². The van der Waals surface area contributed by atoms with Gasteiger partial charge in [0.15, 0.2) is 0 Å². The van der Waals surface area contributed by atoms with Crippen LogP contribution in [0.25, 0.3) is 0 Å². The second-order valence-corrected chi connectivity index (χ2v) is 5.40. The van der Waals surface area contributed by atoms with Crippen LogP contribution in [0.4, 0.5) is 23.7 Å². The summed E-state index contributed by atoms with van der Waals surface area (Å²) in [5, 5.41) is 5.94. The molecule has 0 aliphatic heterocycles. The van der Waals surface area contributed by atoms with E-state index in [9.17, 15) is 27.6 Å². The van der Waals surface area contributed by atoms with Gasteiger partial charge in [-0.25, -0.2) is 4.79 Å². The molecule has 0 saturated carbocycles. The summed E-state index contributed by atoms with van der Waals surface area (Å²) in [4.78, 5) is 36.5. The first-order valence-corrected chi connectivity index (χ1v) is 7.94. The Labute approximate surface area is 154 Å². The predicted octanol–water partition coefficient (Wildman–Crippen LogP) is 1.34. The number of likely N-dealkylation sites (N-methyl/N-ethyl adjacent to an activating group) is 1. The number of methoxy groups -OCH3 is 1. The molecule has 0 unspecified atom stereocenters. The zero-order valence-corrected chi connectivity index (χ0v) is 14.9. The Morgan fingerprint density at radius 3 is 2.33 bits per heavy atom. The number of anilines is 1. The molecular formula is C16H21F3N4O4. The van der Waals surface area contributed by atoms with Crippen molar-refractivity contribution in [2.45, 2.75) is 13.1 Å². The molecule has 0 spiro atoms. The smallest absolute Gasteiger partial charge is 0.405 e. The first-order chi connectivity index (χ1) is 12.6. The van der Waals surface area contributed by atoms with Crippen LogP contribution in [0.15, 0.2) is 24.3 Å². The number of imide groups is 1. The lowest BCUT2D eigenvalue weighted by Crippen LogP contribution is -2.47. The number of hydrogen-bond donors (Lipinski definition) is 3. The van der Waals surface area contributed by atoms with Crippen LogP contribution in [0.3, 0.4) is 0 Å². The molecule has 0 heterocycles. The first kappa shape index (κ1) is 22.2. The third-order valence-electron chi connectivity index (χ3n) is 3.27.